The van der Waals surface area contributed by atoms with Crippen LogP contribution in [0.3, 0.4) is 0 Å². The van der Waals surface area contributed by atoms with Gasteiger partial charge in [-0.15, -0.1) is 0 Å². The zero-order valence-electron chi connectivity index (χ0n) is 15.5. The van der Waals surface area contributed by atoms with Crippen molar-refractivity contribution in [1.29, 1.82) is 5.26 Å². The second kappa shape index (κ2) is 7.70. The first kappa shape index (κ1) is 20.3. The van der Waals surface area contributed by atoms with Gasteiger partial charge < -0.3 is 5.32 Å². The molecule has 0 aliphatic carbocycles. The van der Waals surface area contributed by atoms with E-state index in [1.807, 2.05) is 0 Å². The van der Waals surface area contributed by atoms with Crippen LogP contribution in [0.15, 0.2) is 33.9 Å². The molecule has 0 saturated heterocycles. The maximum atomic E-state index is 13.7. The standard InChI is InChI=1S/C18H21F2N5O2/c1-10(2)25-16(26)23-15(24-17(25)27)22-13(14(19)20)11-6-5-7-12(8-11)18(3,4)9-21/h5-8,10,13-14H,1-4H3,(H2,22,23,24,26,27)/t13-/m1/s1. The van der Waals surface area contributed by atoms with Crippen molar-refractivity contribution < 1.29 is 8.78 Å². The Bertz CT molecular complexity index is 941. The number of nitrogens with zero attached hydrogens (tertiary/aromatic N) is 3. The van der Waals surface area contributed by atoms with E-state index in [0.29, 0.717) is 5.56 Å². The highest BCUT2D eigenvalue weighted by molar-refractivity contribution is 5.38. The van der Waals surface area contributed by atoms with Gasteiger partial charge in [0.1, 0.15) is 6.04 Å². The maximum Gasteiger partial charge on any atom is 0.355 e. The van der Waals surface area contributed by atoms with Crippen LogP contribution in [0, 0.1) is 11.3 Å². The maximum absolute atomic E-state index is 13.7. The number of halogens is 2. The fourth-order valence-corrected chi connectivity index (χ4v) is 2.57. The first-order chi connectivity index (χ1) is 12.6. The Morgan fingerprint density at radius 1 is 1.30 bits per heavy atom. The van der Waals surface area contributed by atoms with E-state index >= 15 is 0 Å². The van der Waals surface area contributed by atoms with Crippen LogP contribution in [0.5, 0.6) is 0 Å². The molecule has 2 aromatic rings. The zero-order chi connectivity index (χ0) is 20.4. The van der Waals surface area contributed by atoms with Crippen molar-refractivity contribution in [3.63, 3.8) is 0 Å². The van der Waals surface area contributed by atoms with Crippen LogP contribution in [0.1, 0.15) is 50.9 Å². The van der Waals surface area contributed by atoms with Crippen LogP contribution < -0.4 is 16.7 Å². The van der Waals surface area contributed by atoms with E-state index in [2.05, 4.69) is 21.4 Å². The molecule has 7 nitrogen and oxygen atoms in total. The molecular weight excluding hydrogens is 356 g/mol. The molecule has 1 aromatic heterocycles. The molecule has 0 fully saturated rings. The summed E-state index contributed by atoms with van der Waals surface area (Å²) in [7, 11) is 0. The summed E-state index contributed by atoms with van der Waals surface area (Å²) in [6, 6.07) is 6.43. The van der Waals surface area contributed by atoms with E-state index in [4.69, 9.17) is 0 Å². The summed E-state index contributed by atoms with van der Waals surface area (Å²) >= 11 is 0. The molecule has 0 amide bonds. The number of hydrogen-bond donors (Lipinski definition) is 2. The zero-order valence-corrected chi connectivity index (χ0v) is 15.5. The minimum absolute atomic E-state index is 0.210. The van der Waals surface area contributed by atoms with Crippen molar-refractivity contribution in [3.05, 3.63) is 56.4 Å². The smallest absolute Gasteiger partial charge is 0.343 e. The quantitative estimate of drug-likeness (QED) is 0.806. The van der Waals surface area contributed by atoms with Crippen LogP contribution in [0.2, 0.25) is 0 Å². The highest BCUT2D eigenvalue weighted by atomic mass is 19.3. The average Bonchev–Trinajstić information content (AvgIpc) is 2.58. The molecule has 2 N–H and O–H groups in total. The van der Waals surface area contributed by atoms with Crippen molar-refractivity contribution in [3.8, 4) is 6.07 Å². The number of benzene rings is 1. The number of hydrogen-bond acceptors (Lipinski definition) is 5. The molecule has 0 spiro atoms. The Labute approximate surface area is 154 Å². The lowest BCUT2D eigenvalue weighted by Gasteiger charge is -2.22. The largest absolute Gasteiger partial charge is 0.355 e. The molecule has 0 radical (unpaired) electrons. The second-order valence-corrected chi connectivity index (χ2v) is 6.96. The van der Waals surface area contributed by atoms with Gasteiger partial charge >= 0.3 is 11.4 Å². The van der Waals surface area contributed by atoms with Gasteiger partial charge in [-0.25, -0.2) is 22.9 Å². The predicted molar refractivity (Wildman–Crippen MR) is 97.0 cm³/mol. The molecule has 0 aliphatic rings. The highest BCUT2D eigenvalue weighted by Crippen LogP contribution is 2.29. The van der Waals surface area contributed by atoms with Crippen LogP contribution in [0.25, 0.3) is 0 Å². The lowest BCUT2D eigenvalue weighted by molar-refractivity contribution is 0.124. The van der Waals surface area contributed by atoms with Crippen LogP contribution >= 0.6 is 0 Å². The summed E-state index contributed by atoms with van der Waals surface area (Å²) in [6.07, 6.45) is -2.84. The molecular formula is C18H21F2N5O2. The molecule has 27 heavy (non-hydrogen) atoms. The van der Waals surface area contributed by atoms with Gasteiger partial charge in [0.25, 0.3) is 6.43 Å². The third-order valence-electron chi connectivity index (χ3n) is 4.17. The highest BCUT2D eigenvalue weighted by Gasteiger charge is 2.26. The topological polar surface area (TPSA) is 104 Å². The third-order valence-corrected chi connectivity index (χ3v) is 4.17. The van der Waals surface area contributed by atoms with Gasteiger partial charge in [-0.2, -0.15) is 10.2 Å². The fraction of sp³-hybridized carbons (Fsp3) is 0.444. The first-order valence-electron chi connectivity index (χ1n) is 8.36. The van der Waals surface area contributed by atoms with Gasteiger partial charge in [0.2, 0.25) is 5.95 Å². The van der Waals surface area contributed by atoms with E-state index in [9.17, 15) is 23.6 Å². The summed E-state index contributed by atoms with van der Waals surface area (Å²) in [5, 5.41) is 11.7. The molecule has 2 rings (SSSR count). The molecule has 1 heterocycles. The van der Waals surface area contributed by atoms with Crippen LogP contribution in [-0.4, -0.2) is 21.0 Å². The molecule has 9 heteroatoms. The van der Waals surface area contributed by atoms with Gasteiger partial charge in [0, 0.05) is 6.04 Å². The number of H-pyrrole nitrogens is 1. The summed E-state index contributed by atoms with van der Waals surface area (Å²) < 4.78 is 28.2. The number of anilines is 1. The fourth-order valence-electron chi connectivity index (χ4n) is 2.57. The van der Waals surface area contributed by atoms with Gasteiger partial charge in [-0.3, -0.25) is 4.98 Å². The number of rotatable bonds is 6. The molecule has 0 saturated carbocycles. The lowest BCUT2D eigenvalue weighted by Crippen LogP contribution is -2.39. The third kappa shape index (κ3) is 4.39. The number of aromatic amines is 1. The number of aromatic nitrogens is 3. The predicted octanol–water partition coefficient (Wildman–Crippen LogP) is 2.73. The molecule has 0 aliphatic heterocycles. The number of alkyl halides is 2. The van der Waals surface area contributed by atoms with Crippen molar-refractivity contribution in [2.24, 2.45) is 0 Å². The second-order valence-electron chi connectivity index (χ2n) is 6.96. The van der Waals surface area contributed by atoms with Crippen molar-refractivity contribution in [1.82, 2.24) is 14.5 Å². The Kier molecular flexibility index (Phi) is 5.78. The molecule has 144 valence electrons. The summed E-state index contributed by atoms with van der Waals surface area (Å²) in [5.74, 6) is -0.336. The molecule has 0 bridgehead atoms. The SMILES string of the molecule is CC(C)n1c(=O)nc(N[C@H](c2cccc(C(C)(C)C#N)c2)C(F)F)[nH]c1=O. The van der Waals surface area contributed by atoms with Gasteiger partial charge in [-0.05, 0) is 38.8 Å². The van der Waals surface area contributed by atoms with E-state index < -0.39 is 35.3 Å². The van der Waals surface area contributed by atoms with E-state index in [-0.39, 0.29) is 11.5 Å². The van der Waals surface area contributed by atoms with Crippen molar-refractivity contribution in [2.45, 2.75) is 51.6 Å². The van der Waals surface area contributed by atoms with Gasteiger partial charge in [0.05, 0.1) is 11.5 Å². The van der Waals surface area contributed by atoms with Gasteiger partial charge in [-0.1, -0.05) is 24.3 Å². The number of nitriles is 1. The summed E-state index contributed by atoms with van der Waals surface area (Å²) in [6.45, 7) is 6.63. The van der Waals surface area contributed by atoms with Gasteiger partial charge in [0.15, 0.2) is 0 Å². The first-order valence-corrected chi connectivity index (χ1v) is 8.36. The molecule has 1 aromatic carbocycles. The van der Waals surface area contributed by atoms with Crippen LogP contribution in [-0.2, 0) is 5.41 Å². The minimum atomic E-state index is -2.84. The Morgan fingerprint density at radius 3 is 2.48 bits per heavy atom. The molecule has 0 unspecified atom stereocenters. The Morgan fingerprint density at radius 2 is 1.96 bits per heavy atom. The van der Waals surface area contributed by atoms with E-state index in [1.54, 1.807) is 39.8 Å². The Hall–Kier alpha value is -3.02. The van der Waals surface area contributed by atoms with Crippen molar-refractivity contribution >= 4 is 5.95 Å². The minimum Gasteiger partial charge on any atom is -0.343 e. The van der Waals surface area contributed by atoms with Crippen LogP contribution in [0.4, 0.5) is 14.7 Å². The summed E-state index contributed by atoms with van der Waals surface area (Å²) in [5.41, 5.74) is -1.64. The van der Waals surface area contributed by atoms with Crippen molar-refractivity contribution in [2.75, 3.05) is 5.32 Å². The molecule has 1 atom stereocenters. The average molecular weight is 377 g/mol. The Balaban J connectivity index is 2.44. The monoisotopic (exact) mass is 377 g/mol. The summed E-state index contributed by atoms with van der Waals surface area (Å²) in [4.78, 5) is 30.0. The van der Waals surface area contributed by atoms with E-state index in [1.165, 1.54) is 12.1 Å². The lowest BCUT2D eigenvalue weighted by atomic mass is 9.85. The van der Waals surface area contributed by atoms with E-state index in [0.717, 1.165) is 4.57 Å². The number of nitrogens with one attached hydrogen (secondary N) is 2. The normalized spacial score (nSPS) is 12.9.